The Morgan fingerprint density at radius 2 is 0.838 bits per heavy atom. The molecule has 0 saturated carbocycles. The molecule has 0 aliphatic carbocycles. The monoisotopic (exact) mass is 488 g/mol. The largest absolute Gasteiger partial charge is 0.508 e. The van der Waals surface area contributed by atoms with E-state index in [4.69, 9.17) is 0 Å². The Hall–Kier alpha value is -4.10. The van der Waals surface area contributed by atoms with Crippen molar-refractivity contribution in [3.8, 4) is 5.75 Å². The van der Waals surface area contributed by atoms with Crippen molar-refractivity contribution in [2.24, 2.45) is 0 Å². The van der Waals surface area contributed by atoms with Gasteiger partial charge in [0.05, 0.1) is 0 Å². The minimum atomic E-state index is 0. The number of rotatable bonds is 0. The van der Waals surface area contributed by atoms with E-state index in [0.29, 0.717) is 5.75 Å². The summed E-state index contributed by atoms with van der Waals surface area (Å²) >= 11 is 0. The maximum Gasteiger partial charge on any atom is 0.116 e. The highest BCUT2D eigenvalue weighted by Gasteiger charge is 1.98. The average molecular weight is 489 g/mol. The molecule has 0 aliphatic heterocycles. The van der Waals surface area contributed by atoms with E-state index >= 15 is 0 Å². The average Bonchev–Trinajstić information content (AvgIpc) is 2.85. The molecule has 0 bridgehead atoms. The summed E-state index contributed by atoms with van der Waals surface area (Å²) in [4.78, 5) is 0. The zero-order valence-corrected chi connectivity index (χ0v) is 20.9. The first-order valence-corrected chi connectivity index (χ1v) is 12.0. The van der Waals surface area contributed by atoms with Crippen LogP contribution in [0.3, 0.4) is 0 Å². The van der Waals surface area contributed by atoms with E-state index in [1.54, 1.807) is 12.1 Å². The van der Waals surface area contributed by atoms with Crippen LogP contribution in [0.1, 0.15) is 37.1 Å². The van der Waals surface area contributed by atoms with Gasteiger partial charge in [0.1, 0.15) is 5.75 Å². The molecule has 0 heterocycles. The van der Waals surface area contributed by atoms with Gasteiger partial charge in [0.2, 0.25) is 0 Å². The zero-order chi connectivity index (χ0) is 24.8. The fourth-order valence-electron chi connectivity index (χ4n) is 4.62. The van der Waals surface area contributed by atoms with E-state index < -0.39 is 0 Å². The lowest BCUT2D eigenvalue weighted by atomic mass is 10.0. The van der Waals surface area contributed by atoms with Crippen LogP contribution in [0, 0.1) is 27.7 Å². The van der Waals surface area contributed by atoms with Gasteiger partial charge in [-0.05, 0) is 94.4 Å². The molecule has 0 radical (unpaired) electrons. The van der Waals surface area contributed by atoms with Crippen molar-refractivity contribution in [3.63, 3.8) is 0 Å². The van der Waals surface area contributed by atoms with Gasteiger partial charge >= 0.3 is 0 Å². The van der Waals surface area contributed by atoms with Crippen molar-refractivity contribution in [2.75, 3.05) is 0 Å². The third-order valence-electron chi connectivity index (χ3n) is 6.38. The van der Waals surface area contributed by atoms with Gasteiger partial charge in [-0.2, -0.15) is 0 Å². The first kappa shape index (κ1) is 29.1. The van der Waals surface area contributed by atoms with Crippen molar-refractivity contribution in [1.29, 1.82) is 0 Å². The lowest BCUT2D eigenvalue weighted by Crippen LogP contribution is -1.81. The second-order valence-electron chi connectivity index (χ2n) is 9.03. The topological polar surface area (TPSA) is 20.2 Å². The van der Waals surface area contributed by atoms with Gasteiger partial charge in [-0.1, -0.05) is 118 Å². The van der Waals surface area contributed by atoms with Crippen LogP contribution in [0.5, 0.6) is 5.75 Å². The molecule has 6 aromatic carbocycles. The van der Waals surface area contributed by atoms with Gasteiger partial charge < -0.3 is 5.11 Å². The van der Waals surface area contributed by atoms with Crippen molar-refractivity contribution in [2.45, 2.75) is 42.5 Å². The van der Waals surface area contributed by atoms with Gasteiger partial charge in [0.25, 0.3) is 0 Å². The molecule has 0 atom stereocenters. The predicted molar refractivity (Wildman–Crippen MR) is 166 cm³/mol. The highest BCUT2D eigenvalue weighted by atomic mass is 16.3. The van der Waals surface area contributed by atoms with E-state index in [1.165, 1.54) is 43.6 Å². The Kier molecular flexibility index (Phi) is 10.5. The van der Waals surface area contributed by atoms with Crippen LogP contribution < -0.4 is 0 Å². The molecule has 0 aromatic heterocycles. The molecule has 0 spiro atoms. The second-order valence-corrected chi connectivity index (χ2v) is 9.03. The summed E-state index contributed by atoms with van der Waals surface area (Å²) < 4.78 is 0. The van der Waals surface area contributed by atoms with Crippen molar-refractivity contribution >= 4 is 32.3 Å². The van der Waals surface area contributed by atoms with Crippen LogP contribution in [-0.2, 0) is 0 Å². The Labute approximate surface area is 223 Å². The maximum absolute atomic E-state index is 9.31. The number of phenolic OH excluding ortho intramolecular Hbond substituents is 1. The Morgan fingerprint density at radius 1 is 0.405 bits per heavy atom. The molecule has 190 valence electrons. The first-order chi connectivity index (χ1) is 16.9. The summed E-state index contributed by atoms with van der Waals surface area (Å²) in [6, 6.07) is 39.3. The van der Waals surface area contributed by atoms with E-state index in [9.17, 15) is 5.11 Å². The summed E-state index contributed by atoms with van der Waals surface area (Å²) in [5, 5.41) is 17.0. The van der Waals surface area contributed by atoms with E-state index in [0.717, 1.165) is 10.9 Å². The first-order valence-electron chi connectivity index (χ1n) is 12.0. The molecule has 0 saturated heterocycles. The molecule has 6 rings (SSSR count). The van der Waals surface area contributed by atoms with E-state index in [1.807, 2.05) is 25.1 Å². The van der Waals surface area contributed by atoms with Crippen molar-refractivity contribution in [1.82, 2.24) is 0 Å². The van der Waals surface area contributed by atoms with Crippen LogP contribution in [0.25, 0.3) is 32.3 Å². The summed E-state index contributed by atoms with van der Waals surface area (Å²) in [7, 11) is 0. The van der Waals surface area contributed by atoms with Gasteiger partial charge in [0, 0.05) is 0 Å². The third-order valence-corrected chi connectivity index (χ3v) is 6.38. The van der Waals surface area contributed by atoms with Crippen molar-refractivity contribution < 1.29 is 5.11 Å². The molecule has 1 N–H and O–H groups in total. The number of hydrogen-bond acceptors (Lipinski definition) is 1. The molecule has 37 heavy (non-hydrogen) atoms. The number of benzene rings is 6. The lowest BCUT2D eigenvalue weighted by molar-refractivity contribution is 0.476. The molecule has 0 fully saturated rings. The molecule has 1 heteroatoms. The normalized spacial score (nSPS) is 9.84. The van der Waals surface area contributed by atoms with E-state index in [2.05, 4.69) is 106 Å². The fourth-order valence-corrected chi connectivity index (χ4v) is 4.62. The molecule has 6 aromatic rings. The van der Waals surface area contributed by atoms with Crippen LogP contribution in [-0.4, -0.2) is 5.11 Å². The molecular weight excluding hydrogens is 448 g/mol. The number of fused-ring (bicyclic) bond motifs is 3. The van der Waals surface area contributed by atoms with Crippen molar-refractivity contribution in [3.05, 3.63) is 138 Å². The smallest absolute Gasteiger partial charge is 0.116 e. The predicted octanol–water partition coefficient (Wildman–Crippen LogP) is 10.7. The minimum Gasteiger partial charge on any atom is -0.508 e. The Bertz CT molecular complexity index is 1550. The zero-order valence-electron chi connectivity index (χ0n) is 20.9. The number of aromatic hydroxyl groups is 1. The van der Waals surface area contributed by atoms with Crippen LogP contribution in [0.4, 0.5) is 0 Å². The second kappa shape index (κ2) is 13.3. The highest BCUT2D eigenvalue weighted by molar-refractivity contribution is 5.88. The quantitative estimate of drug-likeness (QED) is 0.225. The van der Waals surface area contributed by atoms with E-state index in [-0.39, 0.29) is 14.9 Å². The molecule has 1 nitrogen and oxygen atoms in total. The molecule has 0 aliphatic rings. The van der Waals surface area contributed by atoms with Crippen LogP contribution >= 0.6 is 0 Å². The van der Waals surface area contributed by atoms with Gasteiger partial charge in [-0.25, -0.2) is 0 Å². The highest BCUT2D eigenvalue weighted by Crippen LogP contribution is 2.23. The number of hydrogen-bond donors (Lipinski definition) is 1. The minimum absolute atomic E-state index is 0. The fraction of sp³-hybridized carbons (Fsp3) is 0.167. The maximum atomic E-state index is 9.31. The van der Waals surface area contributed by atoms with Crippen LogP contribution in [0.2, 0.25) is 0 Å². The van der Waals surface area contributed by atoms with Gasteiger partial charge in [0.15, 0.2) is 0 Å². The summed E-state index contributed by atoms with van der Waals surface area (Å²) in [6.07, 6.45) is 0. The molecular formula is C36H40O. The van der Waals surface area contributed by atoms with Gasteiger partial charge in [-0.15, -0.1) is 0 Å². The summed E-state index contributed by atoms with van der Waals surface area (Å²) in [6.45, 7) is 8.47. The number of phenols is 1. The SMILES string of the molecule is C.C.Cc1cc(O)cc2ccccc12.Cc1cccc2cccc(C)c12.Cc1cccc2ccccc12. The third kappa shape index (κ3) is 6.98. The Balaban J connectivity index is 0.000000190. The summed E-state index contributed by atoms with van der Waals surface area (Å²) in [5.74, 6) is 0.339. The standard InChI is InChI=1S/C12H12.C11H10O.C11H10.2CH4/c1-9-5-3-7-11-8-4-6-10(2)12(9)11;1-8-6-10(12)7-9-4-2-3-5-11(8)9;1-9-5-4-7-10-6-2-3-8-11(9)10;;/h3-8H,1-2H3;2-7,12H,1H3;2-8H,1H3;2*1H4. The van der Waals surface area contributed by atoms with Crippen LogP contribution in [0.15, 0.2) is 115 Å². The molecule has 0 unspecified atom stereocenters. The van der Waals surface area contributed by atoms with Gasteiger partial charge in [-0.3, -0.25) is 0 Å². The Morgan fingerprint density at radius 3 is 1.38 bits per heavy atom. The summed E-state index contributed by atoms with van der Waals surface area (Å²) in [5.41, 5.74) is 5.20. The molecule has 0 amide bonds. The lowest BCUT2D eigenvalue weighted by Gasteiger charge is -2.04. The number of aryl methyl sites for hydroxylation is 4.